The molecular weight excluding hydrogens is 313 g/mol. The molecule has 1 N–H and O–H groups in total. The van der Waals surface area contributed by atoms with Crippen molar-refractivity contribution < 1.29 is 18.8 Å². The van der Waals surface area contributed by atoms with Crippen molar-refractivity contribution in [3.05, 3.63) is 25.6 Å². The van der Waals surface area contributed by atoms with Gasteiger partial charge >= 0.3 is 5.69 Å². The lowest BCUT2D eigenvalue weighted by atomic mass is 10.3. The Morgan fingerprint density at radius 1 is 1.64 bits per heavy atom. The minimum Gasteiger partial charge on any atom is -0.501 e. The Morgan fingerprint density at radius 3 is 2.64 bits per heavy atom. The Kier molecular flexibility index (Phi) is 3.13. The molecule has 0 aliphatic heterocycles. The van der Waals surface area contributed by atoms with E-state index in [-0.39, 0.29) is 3.70 Å². The van der Waals surface area contributed by atoms with Gasteiger partial charge in [-0.15, -0.1) is 0 Å². The maximum atomic E-state index is 12.2. The first-order valence-electron chi connectivity index (χ1n) is 3.25. The molecule has 0 bridgehead atoms. The third-order valence-corrected chi connectivity index (χ3v) is 1.92. The zero-order chi connectivity index (χ0) is 10.9. The number of alkyl halides is 2. The largest absolute Gasteiger partial charge is 0.501 e. The normalized spacial score (nSPS) is 10.6. The minimum atomic E-state index is -3.04. The van der Waals surface area contributed by atoms with Gasteiger partial charge < -0.3 is 5.11 Å². The molecule has 0 radical (unpaired) electrons. The van der Waals surface area contributed by atoms with Gasteiger partial charge in [0, 0.05) is 0 Å². The number of aromatic hydroxyl groups is 1. The summed E-state index contributed by atoms with van der Waals surface area (Å²) in [6.45, 7) is 0. The van der Waals surface area contributed by atoms with Gasteiger partial charge in [-0.3, -0.25) is 10.1 Å². The molecule has 0 aliphatic rings. The van der Waals surface area contributed by atoms with Crippen LogP contribution >= 0.6 is 22.6 Å². The van der Waals surface area contributed by atoms with Crippen molar-refractivity contribution in [3.8, 4) is 5.75 Å². The maximum absolute atomic E-state index is 12.2. The standard InChI is InChI=1S/C6H3F2IN2O3/c7-6(8)4-5(12)2(11(13)14)1-3(9)10-4/h1,6,12H. The lowest BCUT2D eigenvalue weighted by Gasteiger charge is -2.03. The zero-order valence-corrected chi connectivity index (χ0v) is 8.60. The molecule has 0 saturated carbocycles. The van der Waals surface area contributed by atoms with Gasteiger partial charge in [0.05, 0.1) is 11.0 Å². The van der Waals surface area contributed by atoms with Crippen molar-refractivity contribution in [1.29, 1.82) is 0 Å². The van der Waals surface area contributed by atoms with E-state index in [1.807, 2.05) is 0 Å². The summed E-state index contributed by atoms with van der Waals surface area (Å²) in [5, 5.41) is 19.4. The van der Waals surface area contributed by atoms with Crippen LogP contribution in [0, 0.1) is 13.8 Å². The first kappa shape index (κ1) is 11.0. The van der Waals surface area contributed by atoms with Crippen molar-refractivity contribution >= 4 is 28.3 Å². The van der Waals surface area contributed by atoms with Crippen molar-refractivity contribution in [2.45, 2.75) is 6.43 Å². The second kappa shape index (κ2) is 3.98. The summed E-state index contributed by atoms with van der Waals surface area (Å²) in [4.78, 5) is 12.7. The summed E-state index contributed by atoms with van der Waals surface area (Å²) in [6, 6.07) is 0.918. The fraction of sp³-hybridized carbons (Fsp3) is 0.167. The molecule has 1 aromatic rings. The molecule has 1 aromatic heterocycles. The van der Waals surface area contributed by atoms with Crippen molar-refractivity contribution in [2.75, 3.05) is 0 Å². The number of hydrogen-bond acceptors (Lipinski definition) is 4. The number of hydrogen-bond donors (Lipinski definition) is 1. The van der Waals surface area contributed by atoms with E-state index in [2.05, 4.69) is 4.98 Å². The van der Waals surface area contributed by atoms with Crippen molar-refractivity contribution in [1.82, 2.24) is 4.98 Å². The van der Waals surface area contributed by atoms with Crippen LogP contribution in [0.5, 0.6) is 5.75 Å². The average Bonchev–Trinajstić information content (AvgIpc) is 2.07. The molecule has 14 heavy (non-hydrogen) atoms. The fourth-order valence-corrected chi connectivity index (χ4v) is 1.36. The van der Waals surface area contributed by atoms with Crippen LogP contribution in [0.4, 0.5) is 14.5 Å². The number of aromatic nitrogens is 1. The van der Waals surface area contributed by atoms with E-state index in [9.17, 15) is 18.9 Å². The average molecular weight is 316 g/mol. The molecule has 0 fully saturated rings. The van der Waals surface area contributed by atoms with Gasteiger partial charge in [-0.05, 0) is 22.6 Å². The number of nitro groups is 1. The number of nitrogens with zero attached hydrogens (tertiary/aromatic N) is 2. The molecular formula is C6H3F2IN2O3. The summed E-state index contributed by atoms with van der Waals surface area (Å²) >= 11 is 1.55. The Hall–Kier alpha value is -1.06. The van der Waals surface area contributed by atoms with Crippen LogP contribution in [-0.2, 0) is 0 Å². The van der Waals surface area contributed by atoms with Gasteiger partial charge in [-0.25, -0.2) is 13.8 Å². The predicted octanol–water partition coefficient (Wildman–Crippen LogP) is 2.24. The van der Waals surface area contributed by atoms with Crippen LogP contribution in [0.15, 0.2) is 6.07 Å². The first-order valence-corrected chi connectivity index (χ1v) is 4.33. The van der Waals surface area contributed by atoms with E-state index >= 15 is 0 Å². The van der Waals surface area contributed by atoms with Crippen LogP contribution in [-0.4, -0.2) is 15.0 Å². The lowest BCUT2D eigenvalue weighted by Crippen LogP contribution is -1.98. The Morgan fingerprint density at radius 2 is 2.21 bits per heavy atom. The second-order valence-electron chi connectivity index (χ2n) is 2.26. The van der Waals surface area contributed by atoms with Gasteiger partial charge in [-0.2, -0.15) is 0 Å². The van der Waals surface area contributed by atoms with Crippen LogP contribution in [0.2, 0.25) is 0 Å². The fourth-order valence-electron chi connectivity index (χ4n) is 0.804. The number of pyridine rings is 1. The minimum absolute atomic E-state index is 0.0300. The van der Waals surface area contributed by atoms with Gasteiger partial charge in [0.2, 0.25) is 5.75 Å². The smallest absolute Gasteiger partial charge is 0.315 e. The highest BCUT2D eigenvalue weighted by Gasteiger charge is 2.25. The van der Waals surface area contributed by atoms with Gasteiger partial charge in [0.1, 0.15) is 3.70 Å². The highest BCUT2D eigenvalue weighted by molar-refractivity contribution is 14.1. The molecule has 0 amide bonds. The quantitative estimate of drug-likeness (QED) is 0.393. The third kappa shape index (κ3) is 2.05. The van der Waals surface area contributed by atoms with E-state index in [0.29, 0.717) is 0 Å². The topological polar surface area (TPSA) is 76.3 Å². The van der Waals surface area contributed by atoms with Gasteiger partial charge in [-0.1, -0.05) is 0 Å². The Balaban J connectivity index is 3.40. The SMILES string of the molecule is O=[N+]([O-])c1cc(I)nc(C(F)F)c1O. The molecule has 0 aromatic carbocycles. The Bertz CT molecular complexity index is 386. The molecule has 0 spiro atoms. The van der Waals surface area contributed by atoms with Crippen LogP contribution in [0.3, 0.4) is 0 Å². The highest BCUT2D eigenvalue weighted by atomic mass is 127. The van der Waals surface area contributed by atoms with Crippen molar-refractivity contribution in [3.63, 3.8) is 0 Å². The highest BCUT2D eigenvalue weighted by Crippen LogP contribution is 2.34. The van der Waals surface area contributed by atoms with Crippen LogP contribution in [0.1, 0.15) is 12.1 Å². The molecule has 0 atom stereocenters. The molecule has 5 nitrogen and oxygen atoms in total. The third-order valence-electron chi connectivity index (χ3n) is 1.37. The predicted molar refractivity (Wildman–Crippen MR) is 50.2 cm³/mol. The first-order chi connectivity index (χ1) is 6.43. The summed E-state index contributed by atoms with van der Waals surface area (Å²) in [6.07, 6.45) is -3.04. The van der Waals surface area contributed by atoms with E-state index in [1.54, 1.807) is 22.6 Å². The lowest BCUT2D eigenvalue weighted by molar-refractivity contribution is -0.386. The number of halogens is 3. The maximum Gasteiger partial charge on any atom is 0.315 e. The van der Waals surface area contributed by atoms with Gasteiger partial charge in [0.15, 0.2) is 5.69 Å². The van der Waals surface area contributed by atoms with E-state index < -0.39 is 28.5 Å². The molecule has 0 aliphatic carbocycles. The van der Waals surface area contributed by atoms with Crippen molar-refractivity contribution in [2.24, 2.45) is 0 Å². The zero-order valence-electron chi connectivity index (χ0n) is 6.45. The van der Waals surface area contributed by atoms with E-state index in [0.717, 1.165) is 6.07 Å². The summed E-state index contributed by atoms with van der Waals surface area (Å²) in [7, 11) is 0. The summed E-state index contributed by atoms with van der Waals surface area (Å²) in [5.41, 5.74) is -1.73. The number of rotatable bonds is 2. The van der Waals surface area contributed by atoms with E-state index in [4.69, 9.17) is 5.11 Å². The molecule has 8 heteroatoms. The molecule has 1 heterocycles. The Labute approximate surface area is 90.1 Å². The van der Waals surface area contributed by atoms with Gasteiger partial charge in [0.25, 0.3) is 6.43 Å². The van der Waals surface area contributed by atoms with Crippen LogP contribution in [0.25, 0.3) is 0 Å². The summed E-state index contributed by atoms with van der Waals surface area (Å²) in [5.74, 6) is -1.08. The van der Waals surface area contributed by atoms with Crippen LogP contribution < -0.4 is 0 Å². The molecule has 0 saturated heterocycles. The molecule has 0 unspecified atom stereocenters. The van der Waals surface area contributed by atoms with E-state index in [1.165, 1.54) is 0 Å². The molecule has 76 valence electrons. The summed E-state index contributed by atoms with van der Waals surface area (Å²) < 4.78 is 24.4. The second-order valence-corrected chi connectivity index (χ2v) is 3.36. The molecule has 1 rings (SSSR count). The monoisotopic (exact) mass is 316 g/mol.